The number of benzene rings is 1. The molecule has 0 radical (unpaired) electrons. The van der Waals surface area contributed by atoms with Crippen molar-refractivity contribution in [1.29, 1.82) is 0 Å². The first kappa shape index (κ1) is 27.0. The Morgan fingerprint density at radius 1 is 0.975 bits per heavy atom. The number of rotatable bonds is 8. The van der Waals surface area contributed by atoms with Gasteiger partial charge in [-0.2, -0.15) is 18.3 Å². The summed E-state index contributed by atoms with van der Waals surface area (Å²) >= 11 is 0. The van der Waals surface area contributed by atoms with Crippen LogP contribution in [0.15, 0.2) is 65.5 Å². The number of amides is 2. The van der Waals surface area contributed by atoms with Crippen molar-refractivity contribution in [3.05, 3.63) is 78.2 Å². The number of para-hydroxylation sites is 1. The standard InChI is InChI=1S/C27H26F3N7O3/c28-27(29,30)22-21(16-37(36-22)20-6-2-1-3-7-20)24(39)33-14-13-32-23(38)17-8-10-18(11-9-17)25-34-35-26(40-25)19-5-4-12-31-15-19/h1-7,12,15-18H,8-11,13-14H2,(H,32,38)(H,33,39)/t17-,18-. The van der Waals surface area contributed by atoms with Gasteiger partial charge in [-0.25, -0.2) is 4.68 Å². The van der Waals surface area contributed by atoms with Gasteiger partial charge in [0, 0.05) is 43.5 Å². The first-order chi connectivity index (χ1) is 19.3. The number of alkyl halides is 3. The molecule has 3 aromatic heterocycles. The quantitative estimate of drug-likeness (QED) is 0.314. The lowest BCUT2D eigenvalue weighted by atomic mass is 9.81. The maximum atomic E-state index is 13.5. The Labute approximate surface area is 227 Å². The Bertz CT molecular complexity index is 1450. The lowest BCUT2D eigenvalue weighted by Gasteiger charge is -2.25. The molecule has 2 N–H and O–H groups in total. The van der Waals surface area contributed by atoms with Crippen molar-refractivity contribution in [2.75, 3.05) is 13.1 Å². The highest BCUT2D eigenvalue weighted by molar-refractivity contribution is 5.95. The zero-order chi connectivity index (χ0) is 28.1. The smallest absolute Gasteiger partial charge is 0.420 e. The van der Waals surface area contributed by atoms with E-state index in [1.165, 1.54) is 0 Å². The molecule has 208 valence electrons. The van der Waals surface area contributed by atoms with Gasteiger partial charge in [-0.3, -0.25) is 14.6 Å². The van der Waals surface area contributed by atoms with E-state index in [4.69, 9.17) is 4.42 Å². The van der Waals surface area contributed by atoms with Crippen molar-refractivity contribution in [1.82, 2.24) is 35.6 Å². The molecule has 0 unspecified atom stereocenters. The molecule has 1 saturated carbocycles. The summed E-state index contributed by atoms with van der Waals surface area (Å²) in [4.78, 5) is 29.3. The summed E-state index contributed by atoms with van der Waals surface area (Å²) in [7, 11) is 0. The minimum absolute atomic E-state index is 0.0349. The number of halogens is 3. The Hall–Kier alpha value is -4.55. The highest BCUT2D eigenvalue weighted by Gasteiger charge is 2.39. The zero-order valence-corrected chi connectivity index (χ0v) is 21.3. The Morgan fingerprint density at radius 3 is 2.42 bits per heavy atom. The van der Waals surface area contributed by atoms with E-state index in [1.807, 2.05) is 6.07 Å². The van der Waals surface area contributed by atoms with Gasteiger partial charge in [0.15, 0.2) is 5.69 Å². The molecule has 1 fully saturated rings. The van der Waals surface area contributed by atoms with Gasteiger partial charge in [-0.1, -0.05) is 18.2 Å². The highest BCUT2D eigenvalue weighted by atomic mass is 19.4. The minimum atomic E-state index is -4.80. The second kappa shape index (κ2) is 11.7. The Kier molecular flexibility index (Phi) is 7.89. The Morgan fingerprint density at radius 2 is 1.73 bits per heavy atom. The van der Waals surface area contributed by atoms with E-state index in [0.717, 1.165) is 16.4 Å². The summed E-state index contributed by atoms with van der Waals surface area (Å²) in [6.45, 7) is 0.0453. The molecule has 5 rings (SSSR count). The number of carbonyl (C=O) groups excluding carboxylic acids is 2. The summed E-state index contributed by atoms with van der Waals surface area (Å²) in [5.41, 5.74) is -0.736. The van der Waals surface area contributed by atoms with Gasteiger partial charge in [0.25, 0.3) is 5.91 Å². The molecule has 0 spiro atoms. The van der Waals surface area contributed by atoms with Crippen LogP contribution in [0.4, 0.5) is 13.2 Å². The minimum Gasteiger partial charge on any atom is -0.420 e. The van der Waals surface area contributed by atoms with Crippen molar-refractivity contribution in [3.63, 3.8) is 0 Å². The number of carbonyl (C=O) groups is 2. The SMILES string of the molecule is O=C(NCCNC(=O)[C@H]1CC[C@H](c2nnc(-c3cccnc3)o2)CC1)c1cn(-c2ccccc2)nc1C(F)(F)F. The zero-order valence-electron chi connectivity index (χ0n) is 21.3. The summed E-state index contributed by atoms with van der Waals surface area (Å²) in [5.74, 6) is -0.305. The van der Waals surface area contributed by atoms with Crippen LogP contribution in [-0.4, -0.2) is 49.9 Å². The number of pyridine rings is 1. The maximum Gasteiger partial charge on any atom is 0.435 e. The molecule has 1 aromatic carbocycles. The maximum absolute atomic E-state index is 13.5. The molecular weight excluding hydrogens is 527 g/mol. The monoisotopic (exact) mass is 553 g/mol. The molecule has 1 aliphatic carbocycles. The predicted octanol–water partition coefficient (Wildman–Crippen LogP) is 4.16. The normalized spacial score (nSPS) is 17.4. The third-order valence-electron chi connectivity index (χ3n) is 6.75. The molecular formula is C27H26F3N7O3. The van der Waals surface area contributed by atoms with Gasteiger partial charge in [-0.05, 0) is 49.9 Å². The fraction of sp³-hybridized carbons (Fsp3) is 0.333. The molecule has 1 aliphatic rings. The largest absolute Gasteiger partial charge is 0.435 e. The number of aromatic nitrogens is 5. The predicted molar refractivity (Wildman–Crippen MR) is 136 cm³/mol. The Balaban J connectivity index is 1.09. The van der Waals surface area contributed by atoms with Crippen LogP contribution >= 0.6 is 0 Å². The summed E-state index contributed by atoms with van der Waals surface area (Å²) < 4.78 is 47.4. The number of hydrogen-bond donors (Lipinski definition) is 2. The van der Waals surface area contributed by atoms with E-state index in [1.54, 1.807) is 48.8 Å². The molecule has 2 amide bonds. The van der Waals surface area contributed by atoms with Gasteiger partial charge < -0.3 is 15.1 Å². The van der Waals surface area contributed by atoms with E-state index in [0.29, 0.717) is 43.2 Å². The van der Waals surface area contributed by atoms with Gasteiger partial charge in [0.2, 0.25) is 17.7 Å². The van der Waals surface area contributed by atoms with Crippen molar-refractivity contribution >= 4 is 11.8 Å². The van der Waals surface area contributed by atoms with Crippen molar-refractivity contribution < 1.29 is 27.2 Å². The average Bonchev–Trinajstić information content (AvgIpc) is 3.65. The number of nitrogens with zero attached hydrogens (tertiary/aromatic N) is 5. The van der Waals surface area contributed by atoms with E-state index in [9.17, 15) is 22.8 Å². The molecule has 0 atom stereocenters. The van der Waals surface area contributed by atoms with Crippen LogP contribution < -0.4 is 10.6 Å². The molecule has 10 nitrogen and oxygen atoms in total. The van der Waals surface area contributed by atoms with Crippen LogP contribution in [0, 0.1) is 5.92 Å². The van der Waals surface area contributed by atoms with Crippen LogP contribution in [0.2, 0.25) is 0 Å². The van der Waals surface area contributed by atoms with Gasteiger partial charge in [-0.15, -0.1) is 10.2 Å². The molecule has 0 bridgehead atoms. The lowest BCUT2D eigenvalue weighted by molar-refractivity contribution is -0.141. The fourth-order valence-corrected chi connectivity index (χ4v) is 4.67. The highest BCUT2D eigenvalue weighted by Crippen LogP contribution is 2.36. The van der Waals surface area contributed by atoms with E-state index >= 15 is 0 Å². The van der Waals surface area contributed by atoms with Crippen LogP contribution in [0.5, 0.6) is 0 Å². The third-order valence-corrected chi connectivity index (χ3v) is 6.75. The average molecular weight is 554 g/mol. The second-order valence-corrected chi connectivity index (χ2v) is 9.45. The van der Waals surface area contributed by atoms with E-state index in [-0.39, 0.29) is 30.8 Å². The first-order valence-corrected chi connectivity index (χ1v) is 12.8. The summed E-state index contributed by atoms with van der Waals surface area (Å²) in [6.07, 6.45) is 2.21. The summed E-state index contributed by atoms with van der Waals surface area (Å²) in [6, 6.07) is 11.8. The van der Waals surface area contributed by atoms with Crippen LogP contribution in [-0.2, 0) is 11.0 Å². The van der Waals surface area contributed by atoms with Crippen molar-refractivity contribution in [3.8, 4) is 17.1 Å². The van der Waals surface area contributed by atoms with Crippen LogP contribution in [0.1, 0.15) is 53.5 Å². The molecule has 0 aliphatic heterocycles. The van der Waals surface area contributed by atoms with Crippen molar-refractivity contribution in [2.24, 2.45) is 5.92 Å². The van der Waals surface area contributed by atoms with E-state index < -0.39 is 23.3 Å². The summed E-state index contributed by atoms with van der Waals surface area (Å²) in [5, 5.41) is 17.0. The third kappa shape index (κ3) is 6.19. The lowest BCUT2D eigenvalue weighted by Crippen LogP contribution is -2.38. The fourth-order valence-electron chi connectivity index (χ4n) is 4.67. The van der Waals surface area contributed by atoms with Crippen molar-refractivity contribution in [2.45, 2.75) is 37.8 Å². The molecule has 4 aromatic rings. The van der Waals surface area contributed by atoms with Gasteiger partial charge in [0.05, 0.1) is 16.8 Å². The topological polar surface area (TPSA) is 128 Å². The van der Waals surface area contributed by atoms with Crippen LogP contribution in [0.25, 0.3) is 17.1 Å². The van der Waals surface area contributed by atoms with Gasteiger partial charge in [0.1, 0.15) is 0 Å². The van der Waals surface area contributed by atoms with Gasteiger partial charge >= 0.3 is 6.18 Å². The molecule has 3 heterocycles. The molecule has 0 saturated heterocycles. The molecule has 13 heteroatoms. The second-order valence-electron chi connectivity index (χ2n) is 9.45. The number of nitrogens with one attached hydrogen (secondary N) is 2. The van der Waals surface area contributed by atoms with E-state index in [2.05, 4.69) is 30.9 Å². The first-order valence-electron chi connectivity index (χ1n) is 12.8. The molecule has 40 heavy (non-hydrogen) atoms. The van der Waals surface area contributed by atoms with Crippen LogP contribution in [0.3, 0.4) is 0 Å². The number of hydrogen-bond acceptors (Lipinski definition) is 7.